The Morgan fingerprint density at radius 2 is 0.739 bits per heavy atom. The van der Waals surface area contributed by atoms with E-state index in [0.717, 1.165) is 55.3 Å². The van der Waals surface area contributed by atoms with Crippen molar-refractivity contribution in [1.82, 2.24) is 0 Å². The highest BCUT2D eigenvalue weighted by molar-refractivity contribution is 6.23. The number of hydrogen-bond donors (Lipinski definition) is 0. The van der Waals surface area contributed by atoms with Crippen molar-refractivity contribution in [3.63, 3.8) is 0 Å². The normalized spacial score (nSPS) is 11.9. The van der Waals surface area contributed by atoms with Gasteiger partial charge in [-0.3, -0.25) is 0 Å². The van der Waals surface area contributed by atoms with Crippen LogP contribution in [0.15, 0.2) is 255 Å². The predicted molar refractivity (Wildman–Crippen MR) is 298 cm³/mol. The van der Waals surface area contributed by atoms with Gasteiger partial charge in [0.25, 0.3) is 0 Å². The number of para-hydroxylation sites is 3. The molecule has 2 nitrogen and oxygen atoms in total. The van der Waals surface area contributed by atoms with E-state index in [4.69, 9.17) is 6.58 Å². The van der Waals surface area contributed by atoms with E-state index in [9.17, 15) is 0 Å². The molecule has 0 unspecified atom stereocenters. The maximum atomic E-state index is 5.02. The van der Waals surface area contributed by atoms with Gasteiger partial charge in [0, 0.05) is 44.0 Å². The van der Waals surface area contributed by atoms with Crippen LogP contribution in [-0.2, 0) is 0 Å². The van der Waals surface area contributed by atoms with Gasteiger partial charge >= 0.3 is 0 Å². The van der Waals surface area contributed by atoms with Crippen LogP contribution in [0.2, 0.25) is 0 Å². The summed E-state index contributed by atoms with van der Waals surface area (Å²) in [6.07, 6.45) is 6.48. The smallest absolute Gasteiger partial charge is 0.0619 e. The number of benzene rings is 12. The van der Waals surface area contributed by atoms with Gasteiger partial charge in [-0.15, -0.1) is 0 Å². The fourth-order valence-electron chi connectivity index (χ4n) is 10.5. The lowest BCUT2D eigenvalue weighted by Gasteiger charge is -2.32. The van der Waals surface area contributed by atoms with Crippen molar-refractivity contribution < 1.29 is 0 Å². The number of hydrogen-bond acceptors (Lipinski definition) is 2. The molecule has 0 saturated carbocycles. The molecular formula is C67H48N2. The minimum Gasteiger partial charge on any atom is -0.309 e. The molecule has 0 heterocycles. The number of allylic oxidation sites excluding steroid dienone is 2. The molecule has 12 rings (SSSR count). The Kier molecular flexibility index (Phi) is 10.6. The van der Waals surface area contributed by atoms with Gasteiger partial charge in [0.1, 0.15) is 0 Å². The van der Waals surface area contributed by atoms with Crippen LogP contribution >= 0.6 is 0 Å². The molecule has 2 heteroatoms. The van der Waals surface area contributed by atoms with Crippen LogP contribution in [0.1, 0.15) is 6.92 Å². The summed E-state index contributed by atoms with van der Waals surface area (Å²) in [4.78, 5) is 4.82. The molecule has 12 aromatic rings. The first-order valence-corrected chi connectivity index (χ1v) is 23.7. The van der Waals surface area contributed by atoms with Crippen LogP contribution in [0.3, 0.4) is 0 Å². The van der Waals surface area contributed by atoms with Crippen molar-refractivity contribution >= 4 is 101 Å². The Balaban J connectivity index is 1.20. The van der Waals surface area contributed by atoms with Crippen molar-refractivity contribution in [3.05, 3.63) is 265 Å². The molecule has 0 aromatic heterocycles. The van der Waals surface area contributed by atoms with Crippen LogP contribution in [-0.4, -0.2) is 0 Å². The molecule has 12 aromatic carbocycles. The molecule has 0 radical (unpaired) electrons. The molecule has 0 saturated heterocycles. The molecule has 0 spiro atoms. The van der Waals surface area contributed by atoms with Crippen molar-refractivity contribution in [3.8, 4) is 22.3 Å². The van der Waals surface area contributed by atoms with Gasteiger partial charge in [0.05, 0.1) is 11.4 Å². The molecule has 0 fully saturated rings. The maximum absolute atomic E-state index is 5.02. The third-order valence-corrected chi connectivity index (χ3v) is 13.6. The van der Waals surface area contributed by atoms with Gasteiger partial charge < -0.3 is 9.80 Å². The van der Waals surface area contributed by atoms with Crippen LogP contribution in [0.5, 0.6) is 0 Å². The Hall–Kier alpha value is -8.98. The Morgan fingerprint density at radius 1 is 0.333 bits per heavy atom. The predicted octanol–water partition coefficient (Wildman–Crippen LogP) is 17.5. The summed E-state index contributed by atoms with van der Waals surface area (Å²) < 4.78 is 0. The average molecular weight is 881 g/mol. The van der Waals surface area contributed by atoms with Crippen LogP contribution in [0.25, 0.3) is 88.8 Å². The van der Waals surface area contributed by atoms with E-state index in [1.807, 2.05) is 0 Å². The molecule has 0 aliphatic heterocycles. The summed E-state index contributed by atoms with van der Waals surface area (Å²) in [5, 5.41) is 13.9. The zero-order chi connectivity index (χ0) is 46.3. The van der Waals surface area contributed by atoms with E-state index in [-0.39, 0.29) is 0 Å². The van der Waals surface area contributed by atoms with Crippen molar-refractivity contribution in [2.24, 2.45) is 0 Å². The summed E-state index contributed by atoms with van der Waals surface area (Å²) in [5.74, 6) is 0. The van der Waals surface area contributed by atoms with Gasteiger partial charge in [0.15, 0.2) is 0 Å². The maximum Gasteiger partial charge on any atom is 0.0619 e. The third-order valence-electron chi connectivity index (χ3n) is 13.6. The monoisotopic (exact) mass is 880 g/mol. The highest BCUT2D eigenvalue weighted by atomic mass is 15.2. The van der Waals surface area contributed by atoms with Crippen LogP contribution < -0.4 is 20.2 Å². The van der Waals surface area contributed by atoms with Gasteiger partial charge in [-0.05, 0) is 133 Å². The first kappa shape index (κ1) is 41.5. The molecule has 0 amide bonds. The quantitative estimate of drug-likeness (QED) is 0.133. The van der Waals surface area contributed by atoms with Crippen molar-refractivity contribution in [2.45, 2.75) is 6.92 Å². The number of anilines is 6. The van der Waals surface area contributed by atoms with Crippen molar-refractivity contribution in [2.75, 3.05) is 9.80 Å². The number of rotatable bonds is 9. The van der Waals surface area contributed by atoms with Gasteiger partial charge in [-0.1, -0.05) is 207 Å². The first-order valence-electron chi connectivity index (χ1n) is 23.7. The number of fused-ring (bicyclic) bond motifs is 5. The zero-order valence-corrected chi connectivity index (χ0v) is 38.4. The zero-order valence-electron chi connectivity index (χ0n) is 38.4. The van der Waals surface area contributed by atoms with E-state index in [0.29, 0.717) is 0 Å². The lowest BCUT2D eigenvalue weighted by Crippen LogP contribution is -2.34. The van der Waals surface area contributed by atoms with E-state index in [2.05, 4.69) is 278 Å². The largest absolute Gasteiger partial charge is 0.309 e. The second kappa shape index (κ2) is 17.7. The highest BCUT2D eigenvalue weighted by Crippen LogP contribution is 2.48. The topological polar surface area (TPSA) is 6.48 Å². The van der Waals surface area contributed by atoms with E-state index in [1.54, 1.807) is 0 Å². The van der Waals surface area contributed by atoms with Gasteiger partial charge in [-0.25, -0.2) is 0 Å². The third kappa shape index (κ3) is 7.31. The van der Waals surface area contributed by atoms with Gasteiger partial charge in [0.2, 0.25) is 0 Å². The fraction of sp³-hybridized carbons (Fsp3) is 0.0149. The molecule has 0 N–H and O–H groups in total. The molecular weight excluding hydrogens is 833 g/mol. The fourth-order valence-corrected chi connectivity index (χ4v) is 10.5. The van der Waals surface area contributed by atoms with E-state index >= 15 is 0 Å². The second-order valence-corrected chi connectivity index (χ2v) is 17.7. The minimum atomic E-state index is 0.928. The summed E-state index contributed by atoms with van der Waals surface area (Å²) in [7, 11) is 0. The summed E-state index contributed by atoms with van der Waals surface area (Å²) >= 11 is 0. The molecule has 69 heavy (non-hydrogen) atoms. The van der Waals surface area contributed by atoms with E-state index in [1.165, 1.54) is 65.3 Å². The molecule has 0 atom stereocenters. The first-order chi connectivity index (χ1) is 34.1. The standard InChI is InChI=1S/C67H48N2/c1-3-4-32-57-46(2)66(68(53-26-8-5-9-27-53)54-28-10-6-11-29-54)61-35-20-21-36-62(61)67(57)69(55-30-12-7-13-31-55)56-41-42-60-63(45-56)65(52-40-38-48-23-15-17-25-50(48)44-52)59-34-19-18-33-58(59)64(60)51-39-37-47-22-14-16-24-49(47)43-51/h3-45H,2H2,1H3/b4-3-,57-32+. The minimum absolute atomic E-state index is 0.928. The molecule has 0 bridgehead atoms. The Morgan fingerprint density at radius 3 is 1.25 bits per heavy atom. The summed E-state index contributed by atoms with van der Waals surface area (Å²) in [6.45, 7) is 7.10. The number of nitrogens with zero attached hydrogens (tertiary/aromatic N) is 2. The SMILES string of the molecule is C=c1c(N(c2ccccc2)c2ccccc2)c2ccccc2c(N(c2ccccc2)c2ccc3c(-c4ccc5ccccc5c4)c4ccccc4c(-c4ccc5ccccc5c4)c3c2)/c1=C/C=C\C. The second-order valence-electron chi connectivity index (χ2n) is 17.7. The average Bonchev–Trinajstić information content (AvgIpc) is 3.41. The van der Waals surface area contributed by atoms with Crippen molar-refractivity contribution in [1.29, 1.82) is 0 Å². The lowest BCUT2D eigenvalue weighted by atomic mass is 9.85. The summed E-state index contributed by atoms with van der Waals surface area (Å²) in [5.41, 5.74) is 11.1. The molecule has 0 aliphatic carbocycles. The van der Waals surface area contributed by atoms with E-state index < -0.39 is 0 Å². The van der Waals surface area contributed by atoms with Crippen LogP contribution in [0, 0.1) is 0 Å². The Bertz CT molecular complexity index is 4010. The lowest BCUT2D eigenvalue weighted by molar-refractivity contribution is 1.25. The molecule has 326 valence electrons. The van der Waals surface area contributed by atoms with Gasteiger partial charge in [-0.2, -0.15) is 0 Å². The Labute approximate surface area is 402 Å². The summed E-state index contributed by atoms with van der Waals surface area (Å²) in [6, 6.07) is 88.2. The molecule has 0 aliphatic rings. The highest BCUT2D eigenvalue weighted by Gasteiger charge is 2.25. The van der Waals surface area contributed by atoms with Crippen LogP contribution in [0.4, 0.5) is 34.1 Å².